The van der Waals surface area contributed by atoms with Crippen LogP contribution in [0.25, 0.3) is 0 Å². The zero-order chi connectivity index (χ0) is 17.4. The predicted molar refractivity (Wildman–Crippen MR) is 94.1 cm³/mol. The molecule has 2 rings (SSSR count). The molecule has 126 valence electrons. The molecule has 1 aromatic carbocycles. The summed E-state index contributed by atoms with van der Waals surface area (Å²) in [5.41, 5.74) is 1.58. The Hall–Kier alpha value is -2.96. The van der Waals surface area contributed by atoms with E-state index in [1.807, 2.05) is 0 Å². The van der Waals surface area contributed by atoms with Gasteiger partial charge in [0, 0.05) is 31.0 Å². The van der Waals surface area contributed by atoms with Gasteiger partial charge in [-0.05, 0) is 36.8 Å². The molecule has 7 heteroatoms. The van der Waals surface area contributed by atoms with Gasteiger partial charge in [0.25, 0.3) is 5.91 Å². The van der Waals surface area contributed by atoms with Crippen molar-refractivity contribution in [2.45, 2.75) is 26.7 Å². The van der Waals surface area contributed by atoms with Gasteiger partial charge in [0.2, 0.25) is 11.9 Å². The standard InChI is InChI=1S/C17H21N5O2/c1-3-4-10-18-17-19-11-9-15(22-17)16(24)21-14-7-5-13(6-8-14)20-12(2)23/h5-9,11H,3-4,10H2,1-2H3,(H,20,23)(H,21,24)(H,18,19,22). The van der Waals surface area contributed by atoms with E-state index >= 15 is 0 Å². The average molecular weight is 327 g/mol. The van der Waals surface area contributed by atoms with Crippen molar-refractivity contribution in [3.63, 3.8) is 0 Å². The van der Waals surface area contributed by atoms with Crippen LogP contribution >= 0.6 is 0 Å². The summed E-state index contributed by atoms with van der Waals surface area (Å²) in [6, 6.07) is 8.42. The van der Waals surface area contributed by atoms with E-state index in [4.69, 9.17) is 0 Å². The summed E-state index contributed by atoms with van der Waals surface area (Å²) in [6.07, 6.45) is 3.64. The Morgan fingerprint density at radius 2 is 1.71 bits per heavy atom. The van der Waals surface area contributed by atoms with Gasteiger partial charge in [0.1, 0.15) is 5.69 Å². The Morgan fingerprint density at radius 3 is 2.33 bits per heavy atom. The van der Waals surface area contributed by atoms with Crippen LogP contribution in [0.15, 0.2) is 36.5 Å². The van der Waals surface area contributed by atoms with Crippen LogP contribution in [0.1, 0.15) is 37.2 Å². The van der Waals surface area contributed by atoms with Gasteiger partial charge in [-0.3, -0.25) is 9.59 Å². The molecule has 0 atom stereocenters. The van der Waals surface area contributed by atoms with Gasteiger partial charge in [-0.2, -0.15) is 0 Å². The van der Waals surface area contributed by atoms with E-state index in [2.05, 4.69) is 32.8 Å². The normalized spacial score (nSPS) is 10.1. The molecule has 1 aromatic heterocycles. The number of nitrogens with zero attached hydrogens (tertiary/aromatic N) is 2. The van der Waals surface area contributed by atoms with Crippen LogP contribution < -0.4 is 16.0 Å². The molecular formula is C17H21N5O2. The van der Waals surface area contributed by atoms with Gasteiger partial charge in [0.15, 0.2) is 0 Å². The second kappa shape index (κ2) is 8.61. The molecule has 0 aliphatic carbocycles. The van der Waals surface area contributed by atoms with Crippen molar-refractivity contribution in [3.05, 3.63) is 42.2 Å². The van der Waals surface area contributed by atoms with Crippen molar-refractivity contribution in [2.75, 3.05) is 22.5 Å². The zero-order valence-electron chi connectivity index (χ0n) is 13.8. The third kappa shape index (κ3) is 5.35. The first-order chi connectivity index (χ1) is 11.6. The number of amides is 2. The second-order valence-corrected chi connectivity index (χ2v) is 5.26. The summed E-state index contributed by atoms with van der Waals surface area (Å²) in [7, 11) is 0. The van der Waals surface area contributed by atoms with Crippen LogP contribution in [-0.2, 0) is 4.79 Å². The smallest absolute Gasteiger partial charge is 0.274 e. The fourth-order valence-corrected chi connectivity index (χ4v) is 1.98. The zero-order valence-corrected chi connectivity index (χ0v) is 13.8. The lowest BCUT2D eigenvalue weighted by Crippen LogP contribution is -2.15. The largest absolute Gasteiger partial charge is 0.354 e. The third-order valence-corrected chi connectivity index (χ3v) is 3.16. The average Bonchev–Trinajstić information content (AvgIpc) is 2.57. The highest BCUT2D eigenvalue weighted by molar-refractivity contribution is 6.03. The maximum Gasteiger partial charge on any atom is 0.274 e. The molecule has 3 N–H and O–H groups in total. The Labute approximate surface area is 140 Å². The Kier molecular flexibility index (Phi) is 6.24. The topological polar surface area (TPSA) is 96.0 Å². The molecule has 0 radical (unpaired) electrons. The number of hydrogen-bond acceptors (Lipinski definition) is 5. The molecule has 24 heavy (non-hydrogen) atoms. The lowest BCUT2D eigenvalue weighted by atomic mass is 10.2. The minimum Gasteiger partial charge on any atom is -0.354 e. The number of unbranched alkanes of at least 4 members (excludes halogenated alkanes) is 1. The highest BCUT2D eigenvalue weighted by atomic mass is 16.2. The maximum absolute atomic E-state index is 12.3. The molecule has 0 spiro atoms. The number of rotatable bonds is 7. The van der Waals surface area contributed by atoms with E-state index < -0.39 is 0 Å². The Balaban J connectivity index is 1.98. The molecule has 7 nitrogen and oxygen atoms in total. The molecule has 2 amide bonds. The van der Waals surface area contributed by atoms with Crippen molar-refractivity contribution in [1.29, 1.82) is 0 Å². The molecule has 1 heterocycles. The fraction of sp³-hybridized carbons (Fsp3) is 0.294. The van der Waals surface area contributed by atoms with Gasteiger partial charge in [0.05, 0.1) is 0 Å². The Bertz CT molecular complexity index is 700. The third-order valence-electron chi connectivity index (χ3n) is 3.16. The predicted octanol–water partition coefficient (Wildman–Crippen LogP) is 2.90. The summed E-state index contributed by atoms with van der Waals surface area (Å²) in [4.78, 5) is 31.5. The first kappa shape index (κ1) is 17.4. The summed E-state index contributed by atoms with van der Waals surface area (Å²) in [5.74, 6) is -0.0174. The van der Waals surface area contributed by atoms with E-state index in [-0.39, 0.29) is 17.5 Å². The highest BCUT2D eigenvalue weighted by Gasteiger charge is 2.09. The molecule has 0 aliphatic rings. The number of carbonyl (C=O) groups is 2. The first-order valence-corrected chi connectivity index (χ1v) is 7.84. The summed E-state index contributed by atoms with van der Waals surface area (Å²) in [5, 5.41) is 8.52. The second-order valence-electron chi connectivity index (χ2n) is 5.26. The van der Waals surface area contributed by atoms with Crippen LogP contribution in [0.4, 0.5) is 17.3 Å². The lowest BCUT2D eigenvalue weighted by Gasteiger charge is -2.08. The van der Waals surface area contributed by atoms with Gasteiger partial charge in [-0.25, -0.2) is 9.97 Å². The summed E-state index contributed by atoms with van der Waals surface area (Å²) < 4.78 is 0. The molecular weight excluding hydrogens is 306 g/mol. The van der Waals surface area contributed by atoms with Crippen molar-refractivity contribution in [2.24, 2.45) is 0 Å². The molecule has 0 bridgehead atoms. The number of anilines is 3. The van der Waals surface area contributed by atoms with Crippen LogP contribution in [-0.4, -0.2) is 28.3 Å². The van der Waals surface area contributed by atoms with Crippen molar-refractivity contribution < 1.29 is 9.59 Å². The van der Waals surface area contributed by atoms with Gasteiger partial charge in [-0.1, -0.05) is 13.3 Å². The van der Waals surface area contributed by atoms with Crippen molar-refractivity contribution in [3.8, 4) is 0 Å². The van der Waals surface area contributed by atoms with Crippen molar-refractivity contribution >= 4 is 29.1 Å². The van der Waals surface area contributed by atoms with Gasteiger partial charge >= 0.3 is 0 Å². The molecule has 2 aromatic rings. The van der Waals surface area contributed by atoms with Crippen molar-refractivity contribution in [1.82, 2.24) is 9.97 Å². The van der Waals surface area contributed by atoms with E-state index in [0.717, 1.165) is 19.4 Å². The van der Waals surface area contributed by atoms with Crippen LogP contribution in [0.5, 0.6) is 0 Å². The number of carbonyl (C=O) groups excluding carboxylic acids is 2. The minimum absolute atomic E-state index is 0.143. The van der Waals surface area contributed by atoms with E-state index in [1.165, 1.54) is 6.92 Å². The number of benzene rings is 1. The van der Waals surface area contributed by atoms with E-state index in [1.54, 1.807) is 36.5 Å². The quantitative estimate of drug-likeness (QED) is 0.680. The molecule has 0 unspecified atom stereocenters. The van der Waals surface area contributed by atoms with Gasteiger partial charge < -0.3 is 16.0 Å². The fourth-order valence-electron chi connectivity index (χ4n) is 1.98. The summed E-state index contributed by atoms with van der Waals surface area (Å²) in [6.45, 7) is 4.31. The van der Waals surface area contributed by atoms with Crippen LogP contribution in [0, 0.1) is 0 Å². The lowest BCUT2D eigenvalue weighted by molar-refractivity contribution is -0.114. The van der Waals surface area contributed by atoms with Gasteiger partial charge in [-0.15, -0.1) is 0 Å². The van der Waals surface area contributed by atoms with Crippen LogP contribution in [0.3, 0.4) is 0 Å². The van der Waals surface area contributed by atoms with E-state index in [0.29, 0.717) is 17.3 Å². The first-order valence-electron chi connectivity index (χ1n) is 7.84. The SMILES string of the molecule is CCCCNc1nccc(C(=O)Nc2ccc(NC(C)=O)cc2)n1. The number of nitrogens with one attached hydrogen (secondary N) is 3. The summed E-state index contributed by atoms with van der Waals surface area (Å²) >= 11 is 0. The molecule has 0 fully saturated rings. The maximum atomic E-state index is 12.3. The number of aromatic nitrogens is 2. The monoisotopic (exact) mass is 327 g/mol. The number of hydrogen-bond donors (Lipinski definition) is 3. The Morgan fingerprint density at radius 1 is 1.04 bits per heavy atom. The highest BCUT2D eigenvalue weighted by Crippen LogP contribution is 2.14. The minimum atomic E-state index is -0.316. The van der Waals surface area contributed by atoms with E-state index in [9.17, 15) is 9.59 Å². The molecule has 0 saturated carbocycles. The molecule has 0 saturated heterocycles. The molecule has 0 aliphatic heterocycles. The van der Waals surface area contributed by atoms with Crippen LogP contribution in [0.2, 0.25) is 0 Å².